The maximum Gasteiger partial charge on any atom is 0.219 e. The summed E-state index contributed by atoms with van der Waals surface area (Å²) in [6, 6.07) is 24.4. The molecule has 5 aromatic rings. The second-order valence-corrected chi connectivity index (χ2v) is 9.34. The molecule has 3 heterocycles. The highest BCUT2D eigenvalue weighted by Gasteiger charge is 2.18. The number of pyridine rings is 1. The van der Waals surface area contributed by atoms with Gasteiger partial charge in [0.1, 0.15) is 11.6 Å². The molecule has 0 atom stereocenters. The monoisotopic (exact) mass is 484 g/mol. The summed E-state index contributed by atoms with van der Waals surface area (Å²) in [7, 11) is 2.09. The number of nitrogens with one attached hydrogen (secondary N) is 1. The molecule has 1 fully saturated rings. The lowest BCUT2D eigenvalue weighted by Gasteiger charge is -2.27. The normalized spacial score (nSPS) is 13.8. The summed E-state index contributed by atoms with van der Waals surface area (Å²) in [5, 5.41) is 5.20. The Morgan fingerprint density at radius 3 is 2.57 bits per heavy atom. The molecule has 1 aliphatic heterocycles. The first-order valence-electron chi connectivity index (χ1n) is 11.7. The van der Waals surface area contributed by atoms with E-state index in [0.717, 1.165) is 65.3 Å². The van der Waals surface area contributed by atoms with Crippen molar-refractivity contribution < 1.29 is 9.47 Å². The van der Waals surface area contributed by atoms with Crippen LogP contribution in [0.2, 0.25) is 5.02 Å². The zero-order chi connectivity index (χ0) is 23.8. The number of imidazole rings is 1. The van der Waals surface area contributed by atoms with Crippen LogP contribution in [0, 0.1) is 0 Å². The largest absolute Gasteiger partial charge is 0.439 e. The topological polar surface area (TPSA) is 61.2 Å². The van der Waals surface area contributed by atoms with Gasteiger partial charge in [-0.3, -0.25) is 0 Å². The zero-order valence-electron chi connectivity index (χ0n) is 19.4. The van der Waals surface area contributed by atoms with Crippen molar-refractivity contribution in [3.63, 3.8) is 0 Å². The second-order valence-electron chi connectivity index (χ2n) is 8.90. The van der Waals surface area contributed by atoms with Crippen LogP contribution in [0.15, 0.2) is 72.8 Å². The summed E-state index contributed by atoms with van der Waals surface area (Å²) < 4.78 is 13.4. The molecule has 0 aliphatic carbocycles. The number of hydrogen-bond donors (Lipinski definition) is 1. The third kappa shape index (κ3) is 4.67. The minimum absolute atomic E-state index is 0.406. The fourth-order valence-corrected chi connectivity index (χ4v) is 4.52. The maximum atomic E-state index is 6.06. The van der Waals surface area contributed by atoms with E-state index in [4.69, 9.17) is 26.1 Å². The van der Waals surface area contributed by atoms with E-state index < -0.39 is 0 Å². The minimum atomic E-state index is 0.406. The van der Waals surface area contributed by atoms with Crippen LogP contribution in [0.25, 0.3) is 21.9 Å². The first-order valence-corrected chi connectivity index (χ1v) is 12.1. The molecule has 7 heteroatoms. The Morgan fingerprint density at radius 1 is 0.943 bits per heavy atom. The number of ether oxygens (including phenoxy) is 2. The first-order chi connectivity index (χ1) is 17.1. The number of nitrogens with zero attached hydrogens (tertiary/aromatic N) is 3. The van der Waals surface area contributed by atoms with E-state index in [-0.39, 0.29) is 0 Å². The second kappa shape index (κ2) is 9.21. The molecule has 6 nitrogen and oxygen atoms in total. The summed E-state index contributed by atoms with van der Waals surface area (Å²) in [5.41, 5.74) is 5.36. The number of halogens is 1. The lowest BCUT2D eigenvalue weighted by Crippen LogP contribution is -2.40. The molecule has 0 bridgehead atoms. The Balaban J connectivity index is 1.11. The lowest BCUT2D eigenvalue weighted by molar-refractivity contribution is 0.0211. The Kier molecular flexibility index (Phi) is 5.76. The van der Waals surface area contributed by atoms with E-state index in [1.807, 2.05) is 42.5 Å². The van der Waals surface area contributed by atoms with Gasteiger partial charge in [-0.15, -0.1) is 0 Å². The third-order valence-corrected chi connectivity index (χ3v) is 6.63. The van der Waals surface area contributed by atoms with E-state index in [9.17, 15) is 0 Å². The molecule has 0 radical (unpaired) electrons. The summed E-state index contributed by atoms with van der Waals surface area (Å²) in [5.74, 6) is 2.39. The zero-order valence-corrected chi connectivity index (χ0v) is 20.1. The summed E-state index contributed by atoms with van der Waals surface area (Å²) in [4.78, 5) is 9.42. The Bertz CT molecular complexity index is 1510. The van der Waals surface area contributed by atoms with Crippen molar-refractivity contribution in [1.82, 2.24) is 14.5 Å². The van der Waals surface area contributed by atoms with Crippen LogP contribution in [0.3, 0.4) is 0 Å². The van der Waals surface area contributed by atoms with Gasteiger partial charge in [-0.1, -0.05) is 23.7 Å². The highest BCUT2D eigenvalue weighted by Crippen LogP contribution is 2.26. The van der Waals surface area contributed by atoms with E-state index in [1.54, 1.807) is 0 Å². The van der Waals surface area contributed by atoms with Crippen molar-refractivity contribution >= 4 is 39.2 Å². The standard InChI is InChI=1S/C28H25ClN4O2/c1-33-26-15-21(30-22-16-34-17-22)7-11-25(26)31-27(33)12-4-18-2-8-23(9-3-18)35-28-13-5-19-14-20(29)6-10-24(19)32-28/h2-3,5-11,13-15,22,30H,4,12,16-17H2,1H3. The molecular formula is C28H25ClN4O2. The number of aryl methyl sites for hydroxylation is 3. The average Bonchev–Trinajstić information content (AvgIpc) is 3.16. The van der Waals surface area contributed by atoms with Crippen molar-refractivity contribution in [3.05, 3.63) is 89.2 Å². The number of hydrogen-bond acceptors (Lipinski definition) is 5. The molecule has 2 aromatic heterocycles. The van der Waals surface area contributed by atoms with Gasteiger partial charge in [0.15, 0.2) is 0 Å². The van der Waals surface area contributed by atoms with Gasteiger partial charge in [0.05, 0.1) is 35.8 Å². The molecule has 0 spiro atoms. The summed E-state index contributed by atoms with van der Waals surface area (Å²) >= 11 is 6.06. The van der Waals surface area contributed by atoms with Crippen molar-refractivity contribution in [2.24, 2.45) is 7.05 Å². The van der Waals surface area contributed by atoms with Gasteiger partial charge in [-0.05, 0) is 66.6 Å². The molecule has 35 heavy (non-hydrogen) atoms. The molecule has 0 saturated carbocycles. The maximum absolute atomic E-state index is 6.06. The fraction of sp³-hybridized carbons (Fsp3) is 0.214. The number of anilines is 1. The predicted molar refractivity (Wildman–Crippen MR) is 140 cm³/mol. The summed E-state index contributed by atoms with van der Waals surface area (Å²) in [6.45, 7) is 1.54. The molecule has 0 amide bonds. The first kappa shape index (κ1) is 21.9. The van der Waals surface area contributed by atoms with Crippen molar-refractivity contribution in [2.45, 2.75) is 18.9 Å². The smallest absolute Gasteiger partial charge is 0.219 e. The lowest BCUT2D eigenvalue weighted by atomic mass is 10.1. The van der Waals surface area contributed by atoms with Crippen LogP contribution < -0.4 is 10.1 Å². The van der Waals surface area contributed by atoms with Crippen LogP contribution in [-0.4, -0.2) is 33.8 Å². The van der Waals surface area contributed by atoms with E-state index in [2.05, 4.69) is 52.2 Å². The average molecular weight is 485 g/mol. The molecule has 6 rings (SSSR count). The Morgan fingerprint density at radius 2 is 1.77 bits per heavy atom. The fourth-order valence-electron chi connectivity index (χ4n) is 4.34. The van der Waals surface area contributed by atoms with E-state index >= 15 is 0 Å². The van der Waals surface area contributed by atoms with Crippen LogP contribution in [0.4, 0.5) is 5.69 Å². The van der Waals surface area contributed by atoms with Crippen LogP contribution in [0.1, 0.15) is 11.4 Å². The molecule has 1 aliphatic rings. The van der Waals surface area contributed by atoms with Gasteiger partial charge in [-0.25, -0.2) is 9.97 Å². The quantitative estimate of drug-likeness (QED) is 0.299. The predicted octanol–water partition coefficient (Wildman–Crippen LogP) is 6.16. The number of fused-ring (bicyclic) bond motifs is 2. The van der Waals surface area contributed by atoms with Crippen molar-refractivity contribution in [3.8, 4) is 11.6 Å². The van der Waals surface area contributed by atoms with Crippen LogP contribution >= 0.6 is 11.6 Å². The summed E-state index contributed by atoms with van der Waals surface area (Å²) in [6.07, 6.45) is 1.76. The molecule has 3 aromatic carbocycles. The van der Waals surface area contributed by atoms with Gasteiger partial charge >= 0.3 is 0 Å². The SMILES string of the molecule is Cn1c(CCc2ccc(Oc3ccc4cc(Cl)ccc4n3)cc2)nc2ccc(NC3COC3)cc21. The number of aromatic nitrogens is 3. The highest BCUT2D eigenvalue weighted by molar-refractivity contribution is 6.31. The molecule has 0 unspecified atom stereocenters. The van der Waals surface area contributed by atoms with Crippen LogP contribution in [-0.2, 0) is 24.6 Å². The Hall–Kier alpha value is -3.61. The van der Waals surface area contributed by atoms with Crippen molar-refractivity contribution in [2.75, 3.05) is 18.5 Å². The van der Waals surface area contributed by atoms with Crippen molar-refractivity contribution in [1.29, 1.82) is 0 Å². The number of benzene rings is 3. The van der Waals surface area contributed by atoms with Gasteiger partial charge in [-0.2, -0.15) is 0 Å². The minimum Gasteiger partial charge on any atom is -0.439 e. The molecule has 1 saturated heterocycles. The van der Waals surface area contributed by atoms with Gasteiger partial charge < -0.3 is 19.4 Å². The van der Waals surface area contributed by atoms with E-state index in [1.165, 1.54) is 5.56 Å². The Labute approximate surface area is 208 Å². The van der Waals surface area contributed by atoms with Gasteiger partial charge in [0.25, 0.3) is 0 Å². The van der Waals surface area contributed by atoms with Crippen LogP contribution in [0.5, 0.6) is 11.6 Å². The van der Waals surface area contributed by atoms with Gasteiger partial charge in [0.2, 0.25) is 5.88 Å². The molecule has 176 valence electrons. The molecular weight excluding hydrogens is 460 g/mol. The van der Waals surface area contributed by atoms with Gasteiger partial charge in [0, 0.05) is 35.6 Å². The van der Waals surface area contributed by atoms with E-state index in [0.29, 0.717) is 16.9 Å². The molecule has 1 N–H and O–H groups in total. The number of rotatable bonds is 7. The highest BCUT2D eigenvalue weighted by atomic mass is 35.5. The third-order valence-electron chi connectivity index (χ3n) is 6.39.